The molecule has 2 aromatic carbocycles. The van der Waals surface area contributed by atoms with Crippen LogP contribution in [-0.4, -0.2) is 48.7 Å². The van der Waals surface area contributed by atoms with Crippen molar-refractivity contribution in [2.45, 2.75) is 13.1 Å². The molecule has 0 fully saturated rings. The molecule has 0 aliphatic heterocycles. The molecule has 7 heteroatoms. The molecule has 0 atom stereocenters. The molecule has 3 amide bonds. The van der Waals surface area contributed by atoms with Crippen molar-refractivity contribution in [3.8, 4) is 0 Å². The van der Waals surface area contributed by atoms with Crippen molar-refractivity contribution in [3.63, 3.8) is 0 Å². The first-order valence-electron chi connectivity index (χ1n) is 9.83. The maximum Gasteiger partial charge on any atom is 0.254 e. The Morgan fingerprint density at radius 1 is 0.839 bits per heavy atom. The van der Waals surface area contributed by atoms with E-state index >= 15 is 0 Å². The monoisotopic (exact) mass is 419 g/mol. The number of carbonyl (C=O) groups is 3. The summed E-state index contributed by atoms with van der Waals surface area (Å²) in [5.74, 6) is 0.0884. The summed E-state index contributed by atoms with van der Waals surface area (Å²) in [6, 6.07) is 17.3. The van der Waals surface area contributed by atoms with Gasteiger partial charge in [-0.25, -0.2) is 0 Å². The van der Waals surface area contributed by atoms with Gasteiger partial charge in [0.2, 0.25) is 0 Å². The van der Waals surface area contributed by atoms with Crippen molar-refractivity contribution in [1.29, 1.82) is 0 Å². The number of nitrogens with one attached hydrogen (secondary N) is 1. The highest BCUT2D eigenvalue weighted by molar-refractivity contribution is 5.99. The van der Waals surface area contributed by atoms with Gasteiger partial charge in [-0.1, -0.05) is 18.2 Å². The van der Waals surface area contributed by atoms with E-state index in [1.165, 1.54) is 4.90 Å². The number of nitrogens with zero attached hydrogens (tertiary/aromatic N) is 2. The van der Waals surface area contributed by atoms with E-state index in [1.807, 2.05) is 12.1 Å². The second-order valence-electron chi connectivity index (χ2n) is 7.30. The standard InChI is InChI=1S/C24H25N3O4/c1-25-22(28)18-11-9-17(10-12-18)15-27(16-21-8-5-13-31-21)24(30)20-7-4-6-19(14-20)23(29)26(2)3/h4-14H,15-16H2,1-3H3,(H,25,28). The molecule has 1 aromatic heterocycles. The van der Waals surface area contributed by atoms with Crippen LogP contribution in [0.25, 0.3) is 0 Å². The van der Waals surface area contributed by atoms with Crippen LogP contribution in [-0.2, 0) is 13.1 Å². The fourth-order valence-corrected chi connectivity index (χ4v) is 3.14. The van der Waals surface area contributed by atoms with Crippen molar-refractivity contribution in [1.82, 2.24) is 15.1 Å². The molecule has 31 heavy (non-hydrogen) atoms. The summed E-state index contributed by atoms with van der Waals surface area (Å²) in [6.45, 7) is 0.592. The number of carbonyl (C=O) groups excluding carboxylic acids is 3. The first-order chi connectivity index (χ1) is 14.9. The summed E-state index contributed by atoms with van der Waals surface area (Å²) in [7, 11) is 4.92. The zero-order chi connectivity index (χ0) is 22.4. The van der Waals surface area contributed by atoms with Crippen molar-refractivity contribution >= 4 is 17.7 Å². The van der Waals surface area contributed by atoms with E-state index in [-0.39, 0.29) is 24.3 Å². The average molecular weight is 419 g/mol. The van der Waals surface area contributed by atoms with Gasteiger partial charge in [-0.3, -0.25) is 14.4 Å². The van der Waals surface area contributed by atoms with Crippen molar-refractivity contribution in [2.75, 3.05) is 21.1 Å². The van der Waals surface area contributed by atoms with Crippen LogP contribution in [0.3, 0.4) is 0 Å². The zero-order valence-electron chi connectivity index (χ0n) is 17.8. The lowest BCUT2D eigenvalue weighted by molar-refractivity contribution is 0.0717. The quantitative estimate of drug-likeness (QED) is 0.638. The fourth-order valence-electron chi connectivity index (χ4n) is 3.14. The Morgan fingerprint density at radius 3 is 2.10 bits per heavy atom. The largest absolute Gasteiger partial charge is 0.467 e. The van der Waals surface area contributed by atoms with Crippen LogP contribution in [0.5, 0.6) is 0 Å². The lowest BCUT2D eigenvalue weighted by atomic mass is 10.1. The third kappa shape index (κ3) is 5.39. The molecule has 3 rings (SSSR count). The summed E-state index contributed by atoms with van der Waals surface area (Å²) in [5.41, 5.74) is 2.28. The molecule has 0 unspecified atom stereocenters. The van der Waals surface area contributed by atoms with E-state index in [9.17, 15) is 14.4 Å². The van der Waals surface area contributed by atoms with E-state index in [0.29, 0.717) is 29.0 Å². The molecular weight excluding hydrogens is 394 g/mol. The SMILES string of the molecule is CNC(=O)c1ccc(CN(Cc2ccco2)C(=O)c2cccc(C(=O)N(C)C)c2)cc1. The summed E-state index contributed by atoms with van der Waals surface area (Å²) in [4.78, 5) is 40.5. The van der Waals surface area contributed by atoms with Crippen LogP contribution in [0, 0.1) is 0 Å². The Morgan fingerprint density at radius 2 is 1.52 bits per heavy atom. The predicted molar refractivity (Wildman–Crippen MR) is 117 cm³/mol. The lowest BCUT2D eigenvalue weighted by Gasteiger charge is -2.22. The van der Waals surface area contributed by atoms with Gasteiger partial charge in [0.1, 0.15) is 5.76 Å². The van der Waals surface area contributed by atoms with Crippen LogP contribution in [0.4, 0.5) is 0 Å². The number of amides is 3. The van der Waals surface area contributed by atoms with Gasteiger partial charge in [-0.15, -0.1) is 0 Å². The number of furan rings is 1. The topological polar surface area (TPSA) is 82.9 Å². The van der Waals surface area contributed by atoms with E-state index < -0.39 is 0 Å². The molecule has 0 saturated carbocycles. The molecular formula is C24H25N3O4. The molecule has 7 nitrogen and oxygen atoms in total. The number of rotatable bonds is 7. The normalized spacial score (nSPS) is 10.4. The Bertz CT molecular complexity index is 1060. The van der Waals surface area contributed by atoms with E-state index in [2.05, 4.69) is 5.32 Å². The Labute approximate surface area is 181 Å². The number of benzene rings is 2. The van der Waals surface area contributed by atoms with Gasteiger partial charge < -0.3 is 19.5 Å². The number of hydrogen-bond donors (Lipinski definition) is 1. The van der Waals surface area contributed by atoms with Crippen LogP contribution in [0.1, 0.15) is 42.4 Å². The fraction of sp³-hybridized carbons (Fsp3) is 0.208. The van der Waals surface area contributed by atoms with Crippen molar-refractivity contribution in [3.05, 3.63) is 94.9 Å². The summed E-state index contributed by atoms with van der Waals surface area (Å²) < 4.78 is 5.44. The molecule has 0 saturated heterocycles. The maximum atomic E-state index is 13.3. The second kappa shape index (κ2) is 9.75. The second-order valence-corrected chi connectivity index (χ2v) is 7.30. The number of hydrogen-bond acceptors (Lipinski definition) is 4. The molecule has 0 radical (unpaired) electrons. The van der Waals surface area contributed by atoms with E-state index in [0.717, 1.165) is 5.56 Å². The molecule has 0 aliphatic rings. The summed E-state index contributed by atoms with van der Waals surface area (Å²) in [5, 5.41) is 2.59. The highest BCUT2D eigenvalue weighted by Gasteiger charge is 2.20. The van der Waals surface area contributed by atoms with Crippen LogP contribution in [0.2, 0.25) is 0 Å². The minimum Gasteiger partial charge on any atom is -0.467 e. The smallest absolute Gasteiger partial charge is 0.254 e. The minimum absolute atomic E-state index is 0.169. The van der Waals surface area contributed by atoms with Crippen LogP contribution >= 0.6 is 0 Å². The summed E-state index contributed by atoms with van der Waals surface area (Å²) >= 11 is 0. The van der Waals surface area contributed by atoms with Gasteiger partial charge in [0.05, 0.1) is 12.8 Å². The maximum absolute atomic E-state index is 13.3. The Kier molecular flexibility index (Phi) is 6.87. The van der Waals surface area contributed by atoms with Gasteiger partial charge in [0.25, 0.3) is 17.7 Å². The molecule has 0 bridgehead atoms. The van der Waals surface area contributed by atoms with E-state index in [4.69, 9.17) is 4.42 Å². The molecule has 160 valence electrons. The molecule has 0 aliphatic carbocycles. The minimum atomic E-state index is -0.222. The third-order valence-corrected chi connectivity index (χ3v) is 4.79. The Hall–Kier alpha value is -3.87. The zero-order valence-corrected chi connectivity index (χ0v) is 17.8. The predicted octanol–water partition coefficient (Wildman–Crippen LogP) is 3.18. The molecule has 0 spiro atoms. The third-order valence-electron chi connectivity index (χ3n) is 4.79. The highest BCUT2D eigenvalue weighted by Crippen LogP contribution is 2.17. The molecule has 1 heterocycles. The van der Waals surface area contributed by atoms with E-state index in [1.54, 1.807) is 80.8 Å². The van der Waals surface area contributed by atoms with Gasteiger partial charge in [0, 0.05) is 44.4 Å². The van der Waals surface area contributed by atoms with Crippen LogP contribution in [0.15, 0.2) is 71.3 Å². The first kappa shape index (κ1) is 21.8. The highest BCUT2D eigenvalue weighted by atomic mass is 16.3. The first-order valence-corrected chi connectivity index (χ1v) is 9.83. The van der Waals surface area contributed by atoms with Gasteiger partial charge in [-0.05, 0) is 48.0 Å². The lowest BCUT2D eigenvalue weighted by Crippen LogP contribution is -2.30. The van der Waals surface area contributed by atoms with Gasteiger partial charge in [-0.2, -0.15) is 0 Å². The van der Waals surface area contributed by atoms with Crippen LogP contribution < -0.4 is 5.32 Å². The average Bonchev–Trinajstić information content (AvgIpc) is 3.30. The van der Waals surface area contributed by atoms with Crippen molar-refractivity contribution < 1.29 is 18.8 Å². The molecule has 1 N–H and O–H groups in total. The molecule has 3 aromatic rings. The van der Waals surface area contributed by atoms with Gasteiger partial charge in [0.15, 0.2) is 0 Å². The van der Waals surface area contributed by atoms with Crippen molar-refractivity contribution in [2.24, 2.45) is 0 Å². The Balaban J connectivity index is 1.87. The van der Waals surface area contributed by atoms with Gasteiger partial charge >= 0.3 is 0 Å². The summed E-state index contributed by atoms with van der Waals surface area (Å²) in [6.07, 6.45) is 1.56.